The Kier molecular flexibility index (Phi) is 5.62. The topological polar surface area (TPSA) is 38.3 Å². The molecule has 4 heteroatoms. The minimum Gasteiger partial charge on any atom is -0.494 e. The molecule has 0 unspecified atom stereocenters. The Bertz CT molecular complexity index is 537. The van der Waals surface area contributed by atoms with E-state index in [-0.39, 0.29) is 5.91 Å². The largest absolute Gasteiger partial charge is 0.494 e. The highest BCUT2D eigenvalue weighted by atomic mass is 32.1. The molecule has 1 amide bonds. The minimum absolute atomic E-state index is 0.0121. The van der Waals surface area contributed by atoms with E-state index in [9.17, 15) is 4.79 Å². The molecule has 1 aromatic carbocycles. The maximum Gasteiger partial charge on any atom is 0.261 e. The Hall–Kier alpha value is -1.81. The van der Waals surface area contributed by atoms with Gasteiger partial charge in [-0.15, -0.1) is 11.3 Å². The molecule has 0 fully saturated rings. The van der Waals surface area contributed by atoms with Crippen molar-refractivity contribution in [1.82, 2.24) is 5.32 Å². The molecule has 106 valence electrons. The van der Waals surface area contributed by atoms with Crippen molar-refractivity contribution < 1.29 is 9.53 Å². The van der Waals surface area contributed by atoms with Crippen molar-refractivity contribution >= 4 is 17.2 Å². The van der Waals surface area contributed by atoms with Crippen LogP contribution in [0.2, 0.25) is 0 Å². The van der Waals surface area contributed by atoms with Gasteiger partial charge in [-0.2, -0.15) is 0 Å². The van der Waals surface area contributed by atoms with Crippen molar-refractivity contribution in [1.29, 1.82) is 0 Å². The van der Waals surface area contributed by atoms with Crippen molar-refractivity contribution in [2.24, 2.45) is 0 Å². The average molecular weight is 289 g/mol. The van der Waals surface area contributed by atoms with E-state index in [1.807, 2.05) is 42.6 Å². The van der Waals surface area contributed by atoms with Gasteiger partial charge in [0.1, 0.15) is 5.75 Å². The Balaban J connectivity index is 1.77. The van der Waals surface area contributed by atoms with Crippen LogP contribution in [-0.2, 0) is 6.42 Å². The van der Waals surface area contributed by atoms with E-state index in [0.717, 1.165) is 23.5 Å². The lowest BCUT2D eigenvalue weighted by atomic mass is 10.1. The summed E-state index contributed by atoms with van der Waals surface area (Å²) in [6, 6.07) is 11.8. The first-order valence-electron chi connectivity index (χ1n) is 6.83. The molecule has 3 nitrogen and oxygen atoms in total. The Labute approximate surface area is 123 Å². The van der Waals surface area contributed by atoms with Crippen LogP contribution in [0.4, 0.5) is 0 Å². The van der Waals surface area contributed by atoms with Crippen LogP contribution >= 0.6 is 11.3 Å². The number of para-hydroxylation sites is 1. The number of amides is 1. The standard InChI is InChI=1S/C16H19NO2S/c1-2-19-14-9-4-3-7-13(14)8-5-11-17-16(18)15-10-6-12-20-15/h3-4,6-7,9-10,12H,2,5,8,11H2,1H3,(H,17,18). The van der Waals surface area contributed by atoms with Gasteiger partial charge >= 0.3 is 0 Å². The van der Waals surface area contributed by atoms with Crippen LogP contribution in [0.15, 0.2) is 41.8 Å². The van der Waals surface area contributed by atoms with Crippen molar-refractivity contribution in [2.45, 2.75) is 19.8 Å². The Morgan fingerprint density at radius 2 is 2.10 bits per heavy atom. The summed E-state index contributed by atoms with van der Waals surface area (Å²) in [5.41, 5.74) is 1.19. The van der Waals surface area contributed by atoms with Gasteiger partial charge < -0.3 is 10.1 Å². The quantitative estimate of drug-likeness (QED) is 0.792. The van der Waals surface area contributed by atoms with Crippen LogP contribution < -0.4 is 10.1 Å². The SMILES string of the molecule is CCOc1ccccc1CCCNC(=O)c1cccs1. The van der Waals surface area contributed by atoms with Gasteiger partial charge in [0.05, 0.1) is 11.5 Å². The third-order valence-corrected chi connectivity index (χ3v) is 3.79. The van der Waals surface area contributed by atoms with Crippen LogP contribution in [-0.4, -0.2) is 19.1 Å². The van der Waals surface area contributed by atoms with Crippen LogP contribution in [0.5, 0.6) is 5.75 Å². The third-order valence-electron chi connectivity index (χ3n) is 2.93. The van der Waals surface area contributed by atoms with Crippen LogP contribution in [0, 0.1) is 0 Å². The number of carbonyl (C=O) groups is 1. The summed E-state index contributed by atoms with van der Waals surface area (Å²) in [4.78, 5) is 12.5. The van der Waals surface area contributed by atoms with Crippen molar-refractivity contribution in [3.63, 3.8) is 0 Å². The molecule has 0 aliphatic carbocycles. The zero-order valence-electron chi connectivity index (χ0n) is 11.6. The van der Waals surface area contributed by atoms with E-state index in [0.29, 0.717) is 13.2 Å². The predicted molar refractivity (Wildman–Crippen MR) is 82.6 cm³/mol. The van der Waals surface area contributed by atoms with Crippen molar-refractivity contribution in [3.8, 4) is 5.75 Å². The monoisotopic (exact) mass is 289 g/mol. The lowest BCUT2D eigenvalue weighted by Gasteiger charge is -2.10. The fourth-order valence-electron chi connectivity index (χ4n) is 1.98. The minimum atomic E-state index is 0.0121. The fourth-order valence-corrected chi connectivity index (χ4v) is 2.62. The summed E-state index contributed by atoms with van der Waals surface area (Å²) in [5.74, 6) is 0.956. The highest BCUT2D eigenvalue weighted by Crippen LogP contribution is 2.19. The lowest BCUT2D eigenvalue weighted by molar-refractivity contribution is 0.0957. The first-order valence-corrected chi connectivity index (χ1v) is 7.71. The molecule has 1 N–H and O–H groups in total. The summed E-state index contributed by atoms with van der Waals surface area (Å²) in [7, 11) is 0. The number of ether oxygens (including phenoxy) is 1. The zero-order valence-corrected chi connectivity index (χ0v) is 12.4. The summed E-state index contributed by atoms with van der Waals surface area (Å²) >= 11 is 1.46. The molecule has 2 aromatic rings. The number of hydrogen-bond acceptors (Lipinski definition) is 3. The van der Waals surface area contributed by atoms with Crippen LogP contribution in [0.1, 0.15) is 28.6 Å². The number of benzene rings is 1. The second kappa shape index (κ2) is 7.70. The molecular weight excluding hydrogens is 270 g/mol. The summed E-state index contributed by atoms with van der Waals surface area (Å²) in [6.45, 7) is 3.33. The van der Waals surface area contributed by atoms with Gasteiger partial charge in [0.25, 0.3) is 5.91 Å². The van der Waals surface area contributed by atoms with Gasteiger partial charge in [0.2, 0.25) is 0 Å². The fraction of sp³-hybridized carbons (Fsp3) is 0.312. The molecule has 0 spiro atoms. The number of nitrogens with one attached hydrogen (secondary N) is 1. The molecule has 0 saturated carbocycles. The number of rotatable bonds is 7. The van der Waals surface area contributed by atoms with E-state index in [1.54, 1.807) is 0 Å². The highest BCUT2D eigenvalue weighted by molar-refractivity contribution is 7.12. The third kappa shape index (κ3) is 4.10. The molecule has 0 bridgehead atoms. The predicted octanol–water partition coefficient (Wildman–Crippen LogP) is 3.51. The molecule has 0 aliphatic rings. The van der Waals surface area contributed by atoms with Gasteiger partial charge in [-0.25, -0.2) is 0 Å². The maximum absolute atomic E-state index is 11.8. The van der Waals surface area contributed by atoms with Crippen LogP contribution in [0.3, 0.4) is 0 Å². The Morgan fingerprint density at radius 3 is 2.85 bits per heavy atom. The average Bonchev–Trinajstić information content (AvgIpc) is 2.99. The first-order chi connectivity index (χ1) is 9.81. The lowest BCUT2D eigenvalue weighted by Crippen LogP contribution is -2.23. The molecule has 0 saturated heterocycles. The van der Waals surface area contributed by atoms with Gasteiger partial charge in [0, 0.05) is 6.54 Å². The first kappa shape index (κ1) is 14.6. The second-order valence-corrected chi connectivity index (χ2v) is 5.33. The second-order valence-electron chi connectivity index (χ2n) is 4.38. The van der Waals surface area contributed by atoms with E-state index in [2.05, 4.69) is 11.4 Å². The summed E-state index contributed by atoms with van der Waals surface area (Å²) < 4.78 is 5.59. The van der Waals surface area contributed by atoms with E-state index in [1.165, 1.54) is 16.9 Å². The van der Waals surface area contributed by atoms with Gasteiger partial charge in [-0.3, -0.25) is 4.79 Å². The van der Waals surface area contributed by atoms with E-state index >= 15 is 0 Å². The van der Waals surface area contributed by atoms with Gasteiger partial charge in [-0.1, -0.05) is 24.3 Å². The number of hydrogen-bond donors (Lipinski definition) is 1. The highest BCUT2D eigenvalue weighted by Gasteiger charge is 2.06. The molecular formula is C16H19NO2S. The summed E-state index contributed by atoms with van der Waals surface area (Å²) in [5, 5.41) is 4.85. The molecule has 0 aliphatic heterocycles. The molecule has 0 radical (unpaired) electrons. The van der Waals surface area contributed by atoms with Crippen molar-refractivity contribution in [2.75, 3.05) is 13.2 Å². The summed E-state index contributed by atoms with van der Waals surface area (Å²) in [6.07, 6.45) is 1.81. The smallest absolute Gasteiger partial charge is 0.261 e. The van der Waals surface area contributed by atoms with Gasteiger partial charge in [0.15, 0.2) is 0 Å². The molecule has 20 heavy (non-hydrogen) atoms. The number of thiophene rings is 1. The van der Waals surface area contributed by atoms with E-state index < -0.39 is 0 Å². The molecule has 0 atom stereocenters. The maximum atomic E-state index is 11.8. The zero-order chi connectivity index (χ0) is 14.2. The molecule has 2 rings (SSSR count). The van der Waals surface area contributed by atoms with Crippen LogP contribution in [0.25, 0.3) is 0 Å². The Morgan fingerprint density at radius 1 is 1.25 bits per heavy atom. The number of carbonyl (C=O) groups excluding carboxylic acids is 1. The van der Waals surface area contributed by atoms with Gasteiger partial charge in [-0.05, 0) is 42.8 Å². The molecule has 1 heterocycles. The van der Waals surface area contributed by atoms with E-state index in [4.69, 9.17) is 4.74 Å². The number of aryl methyl sites for hydroxylation is 1. The molecule has 1 aromatic heterocycles. The normalized spacial score (nSPS) is 10.2. The van der Waals surface area contributed by atoms with Crippen molar-refractivity contribution in [3.05, 3.63) is 52.2 Å².